The summed E-state index contributed by atoms with van der Waals surface area (Å²) >= 11 is 1.45. The van der Waals surface area contributed by atoms with Crippen LogP contribution in [-0.4, -0.2) is 30.8 Å². The van der Waals surface area contributed by atoms with Crippen molar-refractivity contribution in [2.24, 2.45) is 0 Å². The third-order valence-electron chi connectivity index (χ3n) is 4.29. The van der Waals surface area contributed by atoms with Gasteiger partial charge in [-0.25, -0.2) is 0 Å². The number of amides is 2. The van der Waals surface area contributed by atoms with Crippen LogP contribution >= 0.6 is 11.8 Å². The van der Waals surface area contributed by atoms with Crippen molar-refractivity contribution >= 4 is 23.6 Å². The van der Waals surface area contributed by atoms with Crippen LogP contribution in [0.15, 0.2) is 47.4 Å². The molecule has 0 fully saturated rings. The highest BCUT2D eigenvalue weighted by molar-refractivity contribution is 8.00. The summed E-state index contributed by atoms with van der Waals surface area (Å²) in [7, 11) is 0. The van der Waals surface area contributed by atoms with Gasteiger partial charge >= 0.3 is 0 Å². The summed E-state index contributed by atoms with van der Waals surface area (Å²) in [5, 5.41) is 0. The molecular weight excluding hydrogens is 376 g/mol. The van der Waals surface area contributed by atoms with E-state index in [2.05, 4.69) is 23.0 Å². The first kappa shape index (κ1) is 20.1. The molecule has 0 unspecified atom stereocenters. The van der Waals surface area contributed by atoms with E-state index in [1.807, 2.05) is 19.1 Å². The first-order valence-corrected chi connectivity index (χ1v) is 10.3. The Balaban J connectivity index is 1.38. The van der Waals surface area contributed by atoms with Crippen LogP contribution in [-0.2, 0) is 22.4 Å². The second-order valence-corrected chi connectivity index (χ2v) is 7.39. The van der Waals surface area contributed by atoms with Gasteiger partial charge in [-0.3, -0.25) is 20.4 Å². The molecule has 0 aliphatic heterocycles. The van der Waals surface area contributed by atoms with E-state index in [1.165, 1.54) is 29.3 Å². The van der Waals surface area contributed by atoms with Gasteiger partial charge in [0.05, 0.1) is 12.4 Å². The number of hydrazine groups is 1. The fourth-order valence-corrected chi connectivity index (χ4v) is 3.75. The van der Waals surface area contributed by atoms with E-state index in [-0.39, 0.29) is 18.3 Å². The lowest BCUT2D eigenvalue weighted by molar-refractivity contribution is -0.128. The maximum atomic E-state index is 12.0. The average molecular weight is 401 g/mol. The molecule has 6 nitrogen and oxygen atoms in total. The number of nitrogens with one attached hydrogen (secondary N) is 2. The van der Waals surface area contributed by atoms with Crippen molar-refractivity contribution in [3.8, 4) is 11.5 Å². The summed E-state index contributed by atoms with van der Waals surface area (Å²) in [5.74, 6) is 0.578. The highest BCUT2D eigenvalue weighted by Crippen LogP contribution is 2.27. The van der Waals surface area contributed by atoms with Gasteiger partial charge in [0.25, 0.3) is 5.91 Å². The van der Waals surface area contributed by atoms with Crippen LogP contribution in [0, 0.1) is 0 Å². The Morgan fingerprint density at radius 1 is 0.964 bits per heavy atom. The second kappa shape index (κ2) is 10.0. The molecule has 1 aliphatic rings. The van der Waals surface area contributed by atoms with Gasteiger partial charge in [0.1, 0.15) is 0 Å². The third kappa shape index (κ3) is 5.66. The van der Waals surface area contributed by atoms with Crippen molar-refractivity contribution in [2.45, 2.75) is 31.1 Å². The van der Waals surface area contributed by atoms with E-state index in [4.69, 9.17) is 9.47 Å². The number of fused-ring (bicyclic) bond motifs is 1. The summed E-state index contributed by atoms with van der Waals surface area (Å²) in [6.45, 7) is 2.16. The molecule has 0 saturated heterocycles. The van der Waals surface area contributed by atoms with E-state index in [9.17, 15) is 9.59 Å². The fourth-order valence-electron chi connectivity index (χ4n) is 2.99. The predicted molar refractivity (Wildman–Crippen MR) is 109 cm³/mol. The van der Waals surface area contributed by atoms with E-state index in [0.717, 1.165) is 17.7 Å². The first-order valence-electron chi connectivity index (χ1n) is 9.32. The van der Waals surface area contributed by atoms with Gasteiger partial charge in [0, 0.05) is 4.90 Å². The number of benzene rings is 2. The fraction of sp³-hybridized carbons (Fsp3) is 0.333. The van der Waals surface area contributed by atoms with Gasteiger partial charge in [-0.2, -0.15) is 0 Å². The molecule has 2 aromatic carbocycles. The number of carbonyl (C=O) groups excluding carboxylic acids is 2. The molecule has 0 aromatic heterocycles. The summed E-state index contributed by atoms with van der Waals surface area (Å²) in [6, 6.07) is 13.5. The lowest BCUT2D eigenvalue weighted by atomic mass is 10.1. The SMILES string of the molecule is CCOc1ccccc1OCC(=O)NNC(=O)CSc1ccc2c(c1)CCC2. The second-order valence-electron chi connectivity index (χ2n) is 6.34. The van der Waals surface area contributed by atoms with E-state index in [0.29, 0.717) is 18.1 Å². The van der Waals surface area contributed by atoms with E-state index < -0.39 is 5.91 Å². The Hall–Kier alpha value is -2.67. The van der Waals surface area contributed by atoms with Crippen LogP contribution < -0.4 is 20.3 Å². The van der Waals surface area contributed by atoms with Crippen LogP contribution in [0.2, 0.25) is 0 Å². The lowest BCUT2D eigenvalue weighted by Gasteiger charge is -2.12. The Morgan fingerprint density at radius 2 is 1.68 bits per heavy atom. The predicted octanol–water partition coefficient (Wildman–Crippen LogP) is 2.89. The van der Waals surface area contributed by atoms with Crippen molar-refractivity contribution in [2.75, 3.05) is 19.0 Å². The molecule has 7 heteroatoms. The van der Waals surface area contributed by atoms with E-state index >= 15 is 0 Å². The lowest BCUT2D eigenvalue weighted by Crippen LogP contribution is -2.44. The smallest absolute Gasteiger partial charge is 0.276 e. The zero-order valence-corrected chi connectivity index (χ0v) is 16.6. The molecule has 148 valence electrons. The average Bonchev–Trinajstić information content (AvgIpc) is 3.18. The van der Waals surface area contributed by atoms with Crippen molar-refractivity contribution < 1.29 is 19.1 Å². The molecule has 0 bridgehead atoms. The minimum Gasteiger partial charge on any atom is -0.490 e. The quantitative estimate of drug-likeness (QED) is 0.526. The van der Waals surface area contributed by atoms with Gasteiger partial charge in [0.2, 0.25) is 5.91 Å². The molecule has 2 N–H and O–H groups in total. The maximum Gasteiger partial charge on any atom is 0.276 e. The van der Waals surface area contributed by atoms with Gasteiger partial charge in [-0.15, -0.1) is 11.8 Å². The topological polar surface area (TPSA) is 76.7 Å². The molecule has 28 heavy (non-hydrogen) atoms. The molecular formula is C21H24N2O4S. The van der Waals surface area contributed by atoms with Gasteiger partial charge < -0.3 is 9.47 Å². The number of carbonyl (C=O) groups is 2. The number of ether oxygens (including phenoxy) is 2. The van der Waals surface area contributed by atoms with Crippen LogP contribution in [0.25, 0.3) is 0 Å². The van der Waals surface area contributed by atoms with Gasteiger partial charge in [-0.1, -0.05) is 18.2 Å². The largest absolute Gasteiger partial charge is 0.490 e. The Kier molecular flexibility index (Phi) is 7.19. The van der Waals surface area contributed by atoms with Crippen LogP contribution in [0.3, 0.4) is 0 Å². The maximum absolute atomic E-state index is 12.0. The van der Waals surface area contributed by atoms with Crippen LogP contribution in [0.5, 0.6) is 11.5 Å². The molecule has 0 radical (unpaired) electrons. The van der Waals surface area contributed by atoms with Gasteiger partial charge in [-0.05, 0) is 61.6 Å². The summed E-state index contributed by atoms with van der Waals surface area (Å²) in [6.07, 6.45) is 3.45. The number of para-hydroxylation sites is 2. The highest BCUT2D eigenvalue weighted by Gasteiger charge is 2.12. The number of aryl methyl sites for hydroxylation is 2. The zero-order valence-electron chi connectivity index (χ0n) is 15.8. The zero-order chi connectivity index (χ0) is 19.8. The van der Waals surface area contributed by atoms with Crippen LogP contribution in [0.1, 0.15) is 24.5 Å². The minimum atomic E-state index is -0.442. The highest BCUT2D eigenvalue weighted by atomic mass is 32.2. The number of rotatable bonds is 8. The van der Waals surface area contributed by atoms with Crippen molar-refractivity contribution in [1.29, 1.82) is 0 Å². The summed E-state index contributed by atoms with van der Waals surface area (Å²) in [4.78, 5) is 24.9. The van der Waals surface area contributed by atoms with Crippen molar-refractivity contribution in [3.05, 3.63) is 53.6 Å². The molecule has 2 aromatic rings. The number of thioether (sulfide) groups is 1. The van der Waals surface area contributed by atoms with Crippen molar-refractivity contribution in [3.63, 3.8) is 0 Å². The molecule has 1 aliphatic carbocycles. The molecule has 2 amide bonds. The molecule has 0 atom stereocenters. The summed E-state index contributed by atoms with van der Waals surface area (Å²) < 4.78 is 10.9. The normalized spacial score (nSPS) is 12.2. The monoisotopic (exact) mass is 400 g/mol. The van der Waals surface area contributed by atoms with Crippen molar-refractivity contribution in [1.82, 2.24) is 10.9 Å². The molecule has 0 saturated carbocycles. The first-order chi connectivity index (χ1) is 13.7. The summed E-state index contributed by atoms with van der Waals surface area (Å²) in [5.41, 5.74) is 7.56. The Morgan fingerprint density at radius 3 is 2.46 bits per heavy atom. The molecule has 3 rings (SSSR count). The van der Waals surface area contributed by atoms with Gasteiger partial charge in [0.15, 0.2) is 18.1 Å². The van der Waals surface area contributed by atoms with E-state index in [1.54, 1.807) is 18.2 Å². The standard InChI is InChI=1S/C21H24N2O4S/c1-2-26-18-8-3-4-9-19(18)27-13-20(24)22-23-21(25)14-28-17-11-10-15-6-5-7-16(15)12-17/h3-4,8-12H,2,5-7,13-14H2,1H3,(H,22,24)(H,23,25). The number of hydrogen-bond acceptors (Lipinski definition) is 5. The number of hydrogen-bond donors (Lipinski definition) is 2. The van der Waals surface area contributed by atoms with Crippen LogP contribution in [0.4, 0.5) is 0 Å². The Bertz CT molecular complexity index is 841. The third-order valence-corrected chi connectivity index (χ3v) is 5.28. The molecule has 0 spiro atoms. The Labute approximate surface area is 169 Å². The minimum absolute atomic E-state index is 0.220. The molecule has 0 heterocycles.